The summed E-state index contributed by atoms with van der Waals surface area (Å²) in [6.07, 6.45) is 5.09. The lowest BCUT2D eigenvalue weighted by molar-refractivity contribution is -0.123. The number of hydrogen-bond acceptors (Lipinski definition) is 7. The molecule has 0 aliphatic rings. The van der Waals surface area contributed by atoms with Gasteiger partial charge in [0.25, 0.3) is 5.91 Å². The highest BCUT2D eigenvalue weighted by Crippen LogP contribution is 2.21. The Morgan fingerprint density at radius 3 is 2.82 bits per heavy atom. The highest BCUT2D eigenvalue weighted by atomic mass is 16.5. The fourth-order valence-corrected chi connectivity index (χ4v) is 2.37. The van der Waals surface area contributed by atoms with Crippen molar-refractivity contribution in [2.24, 2.45) is 5.10 Å². The van der Waals surface area contributed by atoms with Crippen LogP contribution in [-0.2, 0) is 11.2 Å². The second-order valence-corrected chi connectivity index (χ2v) is 5.68. The Labute approximate surface area is 161 Å². The van der Waals surface area contributed by atoms with E-state index in [2.05, 4.69) is 32.6 Å². The van der Waals surface area contributed by atoms with E-state index in [1.54, 1.807) is 48.5 Å². The zero-order valence-electron chi connectivity index (χ0n) is 14.9. The van der Waals surface area contributed by atoms with E-state index in [4.69, 9.17) is 4.74 Å². The quantitative estimate of drug-likeness (QED) is 0.350. The molecule has 0 aliphatic carbocycles. The number of aromatic nitrogens is 4. The predicted octanol–water partition coefficient (Wildman–Crippen LogP) is 1.63. The summed E-state index contributed by atoms with van der Waals surface area (Å²) in [5, 5.41) is 24.9. The molecule has 2 N–H and O–H groups in total. The summed E-state index contributed by atoms with van der Waals surface area (Å²) >= 11 is 0. The Balaban J connectivity index is 1.50. The molecule has 0 fully saturated rings. The smallest absolute Gasteiger partial charge is 0.277 e. The molecule has 1 aromatic heterocycles. The number of allylic oxidation sites excluding steroid dienone is 1. The van der Waals surface area contributed by atoms with Gasteiger partial charge in [-0.05, 0) is 52.7 Å². The fourth-order valence-electron chi connectivity index (χ4n) is 2.37. The molecule has 142 valence electrons. The number of tetrazole rings is 1. The molecule has 0 saturated heterocycles. The van der Waals surface area contributed by atoms with Crippen LogP contribution in [0.3, 0.4) is 0 Å². The summed E-state index contributed by atoms with van der Waals surface area (Å²) in [5.74, 6) is 0.201. The number of phenols is 1. The first kappa shape index (κ1) is 18.8. The number of nitrogens with zero attached hydrogens (tertiary/aromatic N) is 5. The molecule has 28 heavy (non-hydrogen) atoms. The Hall–Kier alpha value is -4.01. The number of nitrogens with one attached hydrogen (secondary N) is 1. The lowest BCUT2D eigenvalue weighted by Gasteiger charge is -2.06. The Bertz CT molecular complexity index is 968. The van der Waals surface area contributed by atoms with Gasteiger partial charge in [-0.1, -0.05) is 18.2 Å². The number of amides is 1. The van der Waals surface area contributed by atoms with E-state index in [1.165, 1.54) is 17.2 Å². The highest BCUT2D eigenvalue weighted by Gasteiger charge is 2.05. The van der Waals surface area contributed by atoms with Gasteiger partial charge in [0.1, 0.15) is 17.8 Å². The molecule has 0 unspecified atom stereocenters. The predicted molar refractivity (Wildman–Crippen MR) is 102 cm³/mol. The largest absolute Gasteiger partial charge is 0.507 e. The monoisotopic (exact) mass is 378 g/mol. The zero-order chi connectivity index (χ0) is 19.8. The van der Waals surface area contributed by atoms with E-state index in [0.29, 0.717) is 17.7 Å². The third-order valence-corrected chi connectivity index (χ3v) is 3.73. The van der Waals surface area contributed by atoms with Crippen LogP contribution in [0.2, 0.25) is 0 Å². The lowest BCUT2D eigenvalue weighted by Crippen LogP contribution is -2.24. The normalized spacial score (nSPS) is 10.7. The van der Waals surface area contributed by atoms with E-state index in [9.17, 15) is 9.90 Å². The minimum Gasteiger partial charge on any atom is -0.507 e. The number of ether oxygens (including phenoxy) is 1. The molecule has 9 nitrogen and oxygen atoms in total. The molecule has 2 aromatic carbocycles. The fraction of sp³-hybridized carbons (Fsp3) is 0.105. The van der Waals surface area contributed by atoms with Gasteiger partial charge < -0.3 is 9.84 Å². The van der Waals surface area contributed by atoms with Gasteiger partial charge in [0.15, 0.2) is 6.61 Å². The molecular weight excluding hydrogens is 360 g/mol. The molecule has 0 aliphatic heterocycles. The Kier molecular flexibility index (Phi) is 6.09. The summed E-state index contributed by atoms with van der Waals surface area (Å²) in [7, 11) is 0. The molecule has 0 radical (unpaired) electrons. The van der Waals surface area contributed by atoms with Crippen molar-refractivity contribution >= 4 is 12.1 Å². The van der Waals surface area contributed by atoms with Crippen LogP contribution < -0.4 is 10.2 Å². The summed E-state index contributed by atoms with van der Waals surface area (Å²) < 4.78 is 6.92. The highest BCUT2D eigenvalue weighted by molar-refractivity contribution is 5.86. The van der Waals surface area contributed by atoms with Gasteiger partial charge >= 0.3 is 0 Å². The van der Waals surface area contributed by atoms with Crippen LogP contribution in [0, 0.1) is 0 Å². The van der Waals surface area contributed by atoms with E-state index >= 15 is 0 Å². The van der Waals surface area contributed by atoms with Crippen LogP contribution in [0.15, 0.2) is 66.5 Å². The number of para-hydroxylation sites is 1. The van der Waals surface area contributed by atoms with Crippen LogP contribution in [0.1, 0.15) is 11.1 Å². The summed E-state index contributed by atoms with van der Waals surface area (Å²) in [5.41, 5.74) is 4.36. The number of carbonyl (C=O) groups is 1. The first-order valence-electron chi connectivity index (χ1n) is 8.37. The third-order valence-electron chi connectivity index (χ3n) is 3.73. The summed E-state index contributed by atoms with van der Waals surface area (Å²) in [6.45, 7) is 3.45. The molecule has 0 spiro atoms. The van der Waals surface area contributed by atoms with Crippen molar-refractivity contribution in [1.82, 2.24) is 25.6 Å². The van der Waals surface area contributed by atoms with Gasteiger partial charge in [-0.25, -0.2) is 10.1 Å². The summed E-state index contributed by atoms with van der Waals surface area (Å²) in [4.78, 5) is 11.9. The van der Waals surface area contributed by atoms with Crippen LogP contribution in [0.5, 0.6) is 11.5 Å². The van der Waals surface area contributed by atoms with Gasteiger partial charge in [-0.3, -0.25) is 4.79 Å². The molecule has 3 rings (SSSR count). The van der Waals surface area contributed by atoms with Crippen molar-refractivity contribution in [3.8, 4) is 17.2 Å². The second-order valence-electron chi connectivity index (χ2n) is 5.68. The maximum absolute atomic E-state index is 11.9. The van der Waals surface area contributed by atoms with Crippen LogP contribution in [0.4, 0.5) is 0 Å². The average Bonchev–Trinajstić information content (AvgIpc) is 3.24. The van der Waals surface area contributed by atoms with E-state index in [1.807, 2.05) is 0 Å². The molecule has 0 bridgehead atoms. The maximum Gasteiger partial charge on any atom is 0.277 e. The van der Waals surface area contributed by atoms with Crippen molar-refractivity contribution in [2.75, 3.05) is 6.61 Å². The number of hydrogen-bond donors (Lipinski definition) is 2. The number of phenolic OH excluding ortho intramolecular Hbond substituents is 1. The summed E-state index contributed by atoms with van der Waals surface area (Å²) in [6, 6.07) is 12.2. The molecule has 9 heteroatoms. The number of hydrazone groups is 1. The van der Waals surface area contributed by atoms with Crippen LogP contribution in [-0.4, -0.2) is 44.0 Å². The maximum atomic E-state index is 11.9. The molecule has 1 amide bonds. The Morgan fingerprint density at radius 2 is 2.11 bits per heavy atom. The van der Waals surface area contributed by atoms with Gasteiger partial charge in [-0.2, -0.15) is 5.10 Å². The van der Waals surface area contributed by atoms with Crippen molar-refractivity contribution in [3.05, 3.63) is 72.6 Å². The minimum absolute atomic E-state index is 0.110. The van der Waals surface area contributed by atoms with E-state index < -0.39 is 5.91 Å². The van der Waals surface area contributed by atoms with Crippen molar-refractivity contribution in [3.63, 3.8) is 0 Å². The second kappa shape index (κ2) is 9.08. The third kappa shape index (κ3) is 4.79. The number of carbonyl (C=O) groups excluding carboxylic acids is 1. The van der Waals surface area contributed by atoms with Crippen molar-refractivity contribution in [2.45, 2.75) is 6.42 Å². The first-order valence-corrected chi connectivity index (χ1v) is 8.37. The van der Waals surface area contributed by atoms with Crippen molar-refractivity contribution in [1.29, 1.82) is 0 Å². The van der Waals surface area contributed by atoms with Crippen LogP contribution >= 0.6 is 0 Å². The zero-order valence-corrected chi connectivity index (χ0v) is 14.9. The number of rotatable bonds is 8. The average molecular weight is 378 g/mol. The number of aromatic hydroxyl groups is 1. The Morgan fingerprint density at radius 1 is 1.29 bits per heavy atom. The van der Waals surface area contributed by atoms with Gasteiger partial charge in [0, 0.05) is 5.56 Å². The molecular formula is C19H18N6O3. The van der Waals surface area contributed by atoms with Gasteiger partial charge in [0.2, 0.25) is 0 Å². The SMILES string of the molecule is C=CCc1cccc(/C=N/NC(=O)COc2ccc(-n3cnnn3)cc2)c1O. The lowest BCUT2D eigenvalue weighted by atomic mass is 10.1. The molecule has 0 atom stereocenters. The minimum atomic E-state index is -0.428. The first-order chi connectivity index (χ1) is 13.7. The van der Waals surface area contributed by atoms with E-state index in [-0.39, 0.29) is 12.4 Å². The molecule has 3 aromatic rings. The molecule has 1 heterocycles. The van der Waals surface area contributed by atoms with Crippen LogP contribution in [0.25, 0.3) is 5.69 Å². The van der Waals surface area contributed by atoms with Gasteiger partial charge in [-0.15, -0.1) is 11.7 Å². The van der Waals surface area contributed by atoms with E-state index in [0.717, 1.165) is 11.3 Å². The molecule has 0 saturated carbocycles. The van der Waals surface area contributed by atoms with Gasteiger partial charge in [0.05, 0.1) is 11.9 Å². The van der Waals surface area contributed by atoms with Crippen molar-refractivity contribution < 1.29 is 14.6 Å². The standard InChI is InChI=1S/C19H18N6O3/c1-2-4-14-5-3-6-15(19(14)27)11-20-22-18(26)12-28-17-9-7-16(8-10-17)25-13-21-23-24-25/h2-3,5-11,13,27H,1,4,12H2,(H,22,26)/b20-11+. The number of benzene rings is 2. The topological polar surface area (TPSA) is 115 Å².